The second-order valence-electron chi connectivity index (χ2n) is 5.07. The van der Waals surface area contributed by atoms with Gasteiger partial charge in [0.2, 0.25) is 5.91 Å². The molecular weight excluding hydrogens is 314 g/mol. The van der Waals surface area contributed by atoms with Crippen molar-refractivity contribution in [2.75, 3.05) is 6.61 Å². The van der Waals surface area contributed by atoms with Gasteiger partial charge >= 0.3 is 5.97 Å². The number of amides is 1. The number of carboxylic acid groups (broad SMARTS) is 1. The Morgan fingerprint density at radius 2 is 2.00 bits per heavy atom. The molecule has 0 aliphatic rings. The van der Waals surface area contributed by atoms with Crippen LogP contribution in [-0.2, 0) is 11.3 Å². The Bertz CT molecular complexity index is 681. The number of aromatic carboxylic acids is 1. The van der Waals surface area contributed by atoms with Gasteiger partial charge in [0.25, 0.3) is 0 Å². The number of hydrogen-bond donors (Lipinski definition) is 2. The molecule has 1 aromatic carbocycles. The predicted molar refractivity (Wildman–Crippen MR) is 89.0 cm³/mol. The SMILES string of the molecule is Cc1ccccc1OCCCC(=O)NCc1ccc(C(=O)O)s1. The number of benzene rings is 1. The van der Waals surface area contributed by atoms with Gasteiger partial charge in [0.05, 0.1) is 13.2 Å². The van der Waals surface area contributed by atoms with Crippen LogP contribution in [0.2, 0.25) is 0 Å². The second-order valence-corrected chi connectivity index (χ2v) is 6.23. The Kier molecular flexibility index (Phi) is 6.17. The van der Waals surface area contributed by atoms with Crippen molar-refractivity contribution >= 4 is 23.2 Å². The normalized spacial score (nSPS) is 10.3. The average Bonchev–Trinajstić information content (AvgIpc) is 3.00. The minimum atomic E-state index is -0.944. The highest BCUT2D eigenvalue weighted by Gasteiger charge is 2.08. The summed E-state index contributed by atoms with van der Waals surface area (Å²) >= 11 is 1.17. The van der Waals surface area contributed by atoms with Gasteiger partial charge in [-0.2, -0.15) is 0 Å². The van der Waals surface area contributed by atoms with E-state index in [-0.39, 0.29) is 10.8 Å². The average molecular weight is 333 g/mol. The van der Waals surface area contributed by atoms with Crippen molar-refractivity contribution in [2.24, 2.45) is 0 Å². The van der Waals surface area contributed by atoms with Crippen LogP contribution < -0.4 is 10.1 Å². The molecule has 1 heterocycles. The van der Waals surface area contributed by atoms with Gasteiger partial charge in [0.1, 0.15) is 10.6 Å². The molecule has 0 atom stereocenters. The van der Waals surface area contributed by atoms with Crippen LogP contribution in [0.25, 0.3) is 0 Å². The molecule has 0 saturated heterocycles. The van der Waals surface area contributed by atoms with E-state index in [1.807, 2.05) is 31.2 Å². The number of carbonyl (C=O) groups is 2. The first-order chi connectivity index (χ1) is 11.1. The predicted octanol–water partition coefficient (Wildman–Crippen LogP) is 3.23. The second kappa shape index (κ2) is 8.33. The molecule has 0 saturated carbocycles. The highest BCUT2D eigenvalue weighted by Crippen LogP contribution is 2.17. The third-order valence-electron chi connectivity index (χ3n) is 3.23. The first kappa shape index (κ1) is 17.0. The number of ether oxygens (including phenoxy) is 1. The van der Waals surface area contributed by atoms with E-state index < -0.39 is 5.97 Å². The lowest BCUT2D eigenvalue weighted by molar-refractivity contribution is -0.121. The zero-order valence-corrected chi connectivity index (χ0v) is 13.7. The van der Waals surface area contributed by atoms with Crippen LogP contribution >= 0.6 is 11.3 Å². The molecule has 23 heavy (non-hydrogen) atoms. The fourth-order valence-electron chi connectivity index (χ4n) is 2.00. The monoisotopic (exact) mass is 333 g/mol. The molecule has 2 rings (SSSR count). The summed E-state index contributed by atoms with van der Waals surface area (Å²) in [5.41, 5.74) is 1.07. The molecular formula is C17H19NO4S. The van der Waals surface area contributed by atoms with Crippen LogP contribution in [-0.4, -0.2) is 23.6 Å². The Morgan fingerprint density at radius 3 is 2.70 bits per heavy atom. The van der Waals surface area contributed by atoms with Crippen molar-refractivity contribution in [3.05, 3.63) is 51.7 Å². The van der Waals surface area contributed by atoms with Gasteiger partial charge in [0, 0.05) is 11.3 Å². The van der Waals surface area contributed by atoms with Crippen LogP contribution in [0.5, 0.6) is 5.75 Å². The lowest BCUT2D eigenvalue weighted by Crippen LogP contribution is -2.22. The first-order valence-electron chi connectivity index (χ1n) is 7.33. The van der Waals surface area contributed by atoms with E-state index in [0.717, 1.165) is 16.2 Å². The maximum Gasteiger partial charge on any atom is 0.345 e. The lowest BCUT2D eigenvalue weighted by atomic mass is 10.2. The standard InChI is InChI=1S/C17H19NO4S/c1-12-5-2-3-6-14(12)22-10-4-7-16(19)18-11-13-8-9-15(23-13)17(20)21/h2-3,5-6,8-9H,4,7,10-11H2,1H3,(H,18,19)(H,20,21). The molecule has 5 nitrogen and oxygen atoms in total. The summed E-state index contributed by atoms with van der Waals surface area (Å²) in [5.74, 6) is -0.169. The third-order valence-corrected chi connectivity index (χ3v) is 4.30. The number of carboxylic acids is 1. The number of nitrogens with one attached hydrogen (secondary N) is 1. The topological polar surface area (TPSA) is 75.6 Å². The number of thiophene rings is 1. The smallest absolute Gasteiger partial charge is 0.345 e. The Morgan fingerprint density at radius 1 is 1.22 bits per heavy atom. The van der Waals surface area contributed by atoms with Crippen molar-refractivity contribution in [1.82, 2.24) is 5.32 Å². The molecule has 0 bridgehead atoms. The molecule has 0 unspecified atom stereocenters. The highest BCUT2D eigenvalue weighted by molar-refractivity contribution is 7.13. The van der Waals surface area contributed by atoms with Gasteiger partial charge < -0.3 is 15.2 Å². The summed E-state index contributed by atoms with van der Waals surface area (Å²) in [4.78, 5) is 23.6. The molecule has 0 aliphatic carbocycles. The third kappa shape index (κ3) is 5.41. The quantitative estimate of drug-likeness (QED) is 0.727. The summed E-state index contributed by atoms with van der Waals surface area (Å²) in [6, 6.07) is 11.0. The van der Waals surface area contributed by atoms with E-state index in [0.29, 0.717) is 26.0 Å². The van der Waals surface area contributed by atoms with Gasteiger partial charge in [-0.1, -0.05) is 18.2 Å². The van der Waals surface area contributed by atoms with Crippen molar-refractivity contribution in [3.63, 3.8) is 0 Å². The number of rotatable bonds is 8. The van der Waals surface area contributed by atoms with Crippen molar-refractivity contribution in [2.45, 2.75) is 26.3 Å². The van der Waals surface area contributed by atoms with E-state index in [4.69, 9.17) is 9.84 Å². The van der Waals surface area contributed by atoms with Crippen LogP contribution in [0.15, 0.2) is 36.4 Å². The summed E-state index contributed by atoms with van der Waals surface area (Å²) < 4.78 is 5.64. The maximum atomic E-state index is 11.8. The van der Waals surface area contributed by atoms with Gasteiger partial charge in [-0.15, -0.1) is 11.3 Å². The molecule has 1 aromatic heterocycles. The number of para-hydroxylation sites is 1. The minimum absolute atomic E-state index is 0.0661. The molecule has 0 radical (unpaired) electrons. The molecule has 1 amide bonds. The van der Waals surface area contributed by atoms with Gasteiger partial charge in [0.15, 0.2) is 0 Å². The first-order valence-corrected chi connectivity index (χ1v) is 8.15. The van der Waals surface area contributed by atoms with E-state index in [1.165, 1.54) is 11.3 Å². The molecule has 0 spiro atoms. The Labute approximate surface area is 138 Å². The van der Waals surface area contributed by atoms with E-state index >= 15 is 0 Å². The molecule has 0 fully saturated rings. The molecule has 6 heteroatoms. The molecule has 2 N–H and O–H groups in total. The number of hydrogen-bond acceptors (Lipinski definition) is 4. The fourth-order valence-corrected chi connectivity index (χ4v) is 2.78. The molecule has 0 aliphatic heterocycles. The number of carbonyl (C=O) groups excluding carboxylic acids is 1. The largest absolute Gasteiger partial charge is 0.493 e. The van der Waals surface area contributed by atoms with Crippen molar-refractivity contribution < 1.29 is 19.4 Å². The zero-order chi connectivity index (χ0) is 16.7. The number of aryl methyl sites for hydroxylation is 1. The molecule has 2 aromatic rings. The van der Waals surface area contributed by atoms with Crippen LogP contribution in [0, 0.1) is 6.92 Å². The van der Waals surface area contributed by atoms with Crippen LogP contribution in [0.1, 0.15) is 33.0 Å². The minimum Gasteiger partial charge on any atom is -0.493 e. The van der Waals surface area contributed by atoms with Crippen molar-refractivity contribution in [1.29, 1.82) is 0 Å². The Balaban J connectivity index is 1.65. The molecule has 122 valence electrons. The lowest BCUT2D eigenvalue weighted by Gasteiger charge is -2.08. The summed E-state index contributed by atoms with van der Waals surface area (Å²) in [7, 11) is 0. The van der Waals surface area contributed by atoms with E-state index in [2.05, 4.69) is 5.32 Å². The summed E-state index contributed by atoms with van der Waals surface area (Å²) in [6.45, 7) is 2.82. The maximum absolute atomic E-state index is 11.8. The fraction of sp³-hybridized carbons (Fsp3) is 0.294. The van der Waals surface area contributed by atoms with Crippen LogP contribution in [0.4, 0.5) is 0 Å². The Hall–Kier alpha value is -2.34. The summed E-state index contributed by atoms with van der Waals surface area (Å²) in [6.07, 6.45) is 1.01. The van der Waals surface area contributed by atoms with Gasteiger partial charge in [-0.25, -0.2) is 4.79 Å². The summed E-state index contributed by atoms with van der Waals surface area (Å²) in [5, 5.41) is 11.6. The van der Waals surface area contributed by atoms with Crippen LogP contribution in [0.3, 0.4) is 0 Å². The van der Waals surface area contributed by atoms with Crippen molar-refractivity contribution in [3.8, 4) is 5.75 Å². The van der Waals surface area contributed by atoms with Gasteiger partial charge in [-0.3, -0.25) is 4.79 Å². The van der Waals surface area contributed by atoms with E-state index in [9.17, 15) is 9.59 Å². The van der Waals surface area contributed by atoms with E-state index in [1.54, 1.807) is 12.1 Å². The zero-order valence-electron chi connectivity index (χ0n) is 12.9. The van der Waals surface area contributed by atoms with Gasteiger partial charge in [-0.05, 0) is 37.1 Å². The highest BCUT2D eigenvalue weighted by atomic mass is 32.1.